The zero-order chi connectivity index (χ0) is 71.5. The number of hydrogen-bond donors (Lipinski definition) is 2. The van der Waals surface area contributed by atoms with E-state index in [-0.39, 0.29) is 132 Å². The number of amides is 2. The lowest BCUT2D eigenvalue weighted by atomic mass is 9.83. The molecule has 0 aromatic carbocycles. The van der Waals surface area contributed by atoms with Gasteiger partial charge < -0.3 is 67.8 Å². The Morgan fingerprint density at radius 3 is 0.768 bits per heavy atom. The summed E-state index contributed by atoms with van der Waals surface area (Å²) in [6.45, 7) is 33.1. The van der Waals surface area contributed by atoms with Gasteiger partial charge in [0.2, 0.25) is 0 Å². The normalized spacial score (nSPS) is 12.4. The molecule has 0 fully saturated rings. The zero-order valence-corrected chi connectivity index (χ0v) is 64.8. The summed E-state index contributed by atoms with van der Waals surface area (Å²) in [5, 5.41) is 6.18. The summed E-state index contributed by atoms with van der Waals surface area (Å²) in [5.74, 6) is -5.43. The van der Waals surface area contributed by atoms with Crippen LogP contribution in [0.5, 0.6) is 0 Å². The quantitative estimate of drug-likeness (QED) is 0.0203. The van der Waals surface area contributed by atoms with Crippen molar-refractivity contribution in [2.45, 2.75) is 388 Å². The van der Waals surface area contributed by atoms with Crippen molar-refractivity contribution in [3.8, 4) is 0 Å². The van der Waals surface area contributed by atoms with E-state index in [0.29, 0.717) is 6.42 Å². The predicted molar refractivity (Wildman–Crippen MR) is 366 cm³/mol. The molecular formula is C75H130IN3O16. The number of carbonyl (C=O) groups excluding carboxylic acids is 9. The summed E-state index contributed by atoms with van der Waals surface area (Å²) in [7, 11) is 0. The fraction of sp³-hybridized carbons (Fsp3) is 0.813. The Labute approximate surface area is 590 Å². The monoisotopic (exact) mass is 1460 g/mol. The summed E-state index contributed by atoms with van der Waals surface area (Å²) in [6, 6.07) is 1.34. The van der Waals surface area contributed by atoms with Crippen LogP contribution in [-0.2, 0) is 73.3 Å². The summed E-state index contributed by atoms with van der Waals surface area (Å²) in [5.41, 5.74) is -8.24. The standard InChI is InChI=1S/C75H129N3O16.HI/c1-20-21-22-23-24-25-26-27-28-29-30-31-32-33-34-35-36-37-38-39-59(79)88-53-52-78-55-57(66(86)76-74(46-40-60(80)89-68(2,3)4,47-41-61(81)90-69(5,6)7)48-42-62(82)91-70(8,9)10)54-58(56-78)67(87)77-75(49-43-63(83)92-71(11,12)13,50-44-64(84)93-72(14,15)16)51-45-65(85)94-73(17,18)19;/h54-56H,20-53H2,1-19H3,(H-,76,77,86,87);1H. The van der Waals surface area contributed by atoms with Crippen molar-refractivity contribution in [3.63, 3.8) is 0 Å². The van der Waals surface area contributed by atoms with Gasteiger partial charge in [-0.15, -0.1) is 0 Å². The number of esters is 7. The highest BCUT2D eigenvalue weighted by Crippen LogP contribution is 2.32. The minimum absolute atomic E-state index is 0. The molecule has 2 N–H and O–H groups in total. The van der Waals surface area contributed by atoms with Crippen LogP contribution in [0.3, 0.4) is 0 Å². The highest BCUT2D eigenvalue weighted by Gasteiger charge is 2.39. The zero-order valence-electron chi connectivity index (χ0n) is 62.6. The first-order valence-electron chi connectivity index (χ1n) is 35.6. The van der Waals surface area contributed by atoms with Crippen LogP contribution >= 0.6 is 0 Å². The Hall–Kier alpha value is -4.89. The van der Waals surface area contributed by atoms with Gasteiger partial charge in [0.1, 0.15) is 44.7 Å². The van der Waals surface area contributed by atoms with Crippen molar-refractivity contribution in [1.82, 2.24) is 10.6 Å². The second-order valence-corrected chi connectivity index (χ2v) is 31.9. The van der Waals surface area contributed by atoms with Gasteiger partial charge in [0, 0.05) is 56.0 Å². The maximum absolute atomic E-state index is 15.3. The van der Waals surface area contributed by atoms with Gasteiger partial charge in [-0.25, -0.2) is 0 Å². The van der Waals surface area contributed by atoms with Gasteiger partial charge in [-0.05, 0) is 176 Å². The molecule has 0 atom stereocenters. The summed E-state index contributed by atoms with van der Waals surface area (Å²) in [4.78, 5) is 125. The first-order chi connectivity index (χ1) is 43.4. The van der Waals surface area contributed by atoms with E-state index in [1.165, 1.54) is 119 Å². The number of rotatable bonds is 45. The lowest BCUT2D eigenvalue weighted by Gasteiger charge is -2.36. The molecule has 0 saturated heterocycles. The molecule has 19 nitrogen and oxygen atoms in total. The maximum Gasteiger partial charge on any atom is 0.306 e. The van der Waals surface area contributed by atoms with E-state index in [1.54, 1.807) is 125 Å². The predicted octanol–water partition coefficient (Wildman–Crippen LogP) is 13.0. The van der Waals surface area contributed by atoms with Gasteiger partial charge in [-0.3, -0.25) is 43.2 Å². The molecule has 0 aliphatic heterocycles. The number of ether oxygens (including phenoxy) is 7. The third kappa shape index (κ3) is 48.5. The average Bonchev–Trinajstić information content (AvgIpc) is 0.812. The van der Waals surface area contributed by atoms with Crippen molar-refractivity contribution in [2.75, 3.05) is 6.61 Å². The number of nitrogens with zero attached hydrogens (tertiary/aromatic N) is 1. The van der Waals surface area contributed by atoms with Crippen molar-refractivity contribution in [1.29, 1.82) is 0 Å². The highest BCUT2D eigenvalue weighted by atomic mass is 127. The summed E-state index contributed by atoms with van der Waals surface area (Å²) in [6.07, 6.45) is 24.7. The van der Waals surface area contributed by atoms with E-state index in [0.717, 1.165) is 19.3 Å². The Balaban J connectivity index is 0.0000884. The SMILES string of the molecule is CCCCCCCCCCCCCCCCCCCCCC(=O)OCC[n+]1cc(C(=O)NC(CCC(=O)OC(C)(C)C)(CCC(=O)OC(C)(C)C)CCC(=O)OC(C)(C)C)cc(C(=O)NC(CCC(=O)OC(C)(C)C)(CCC(=O)OC(C)(C)C)CCC(=O)OC(C)(C)C)c1.[I-]. The van der Waals surface area contributed by atoms with Gasteiger partial charge in [-0.1, -0.05) is 122 Å². The van der Waals surface area contributed by atoms with E-state index >= 15 is 9.59 Å². The highest BCUT2D eigenvalue weighted by molar-refractivity contribution is 5.99. The molecular weight excluding hydrogens is 1330 g/mol. The van der Waals surface area contributed by atoms with Gasteiger partial charge in [-0.2, -0.15) is 4.57 Å². The van der Waals surface area contributed by atoms with Gasteiger partial charge in [0.15, 0.2) is 25.5 Å². The third-order valence-corrected chi connectivity index (χ3v) is 15.2. The molecule has 0 aliphatic rings. The molecule has 20 heteroatoms. The van der Waals surface area contributed by atoms with Crippen LogP contribution < -0.4 is 39.2 Å². The number of pyridine rings is 1. The molecule has 0 spiro atoms. The van der Waals surface area contributed by atoms with Gasteiger partial charge in [0.25, 0.3) is 11.8 Å². The van der Waals surface area contributed by atoms with Gasteiger partial charge >= 0.3 is 41.8 Å². The lowest BCUT2D eigenvalue weighted by molar-refractivity contribution is -0.698. The largest absolute Gasteiger partial charge is 1.00 e. The molecule has 0 aliphatic carbocycles. The smallest absolute Gasteiger partial charge is 0.306 e. The summed E-state index contributed by atoms with van der Waals surface area (Å²) < 4.78 is 41.4. The Morgan fingerprint density at radius 1 is 0.326 bits per heavy atom. The fourth-order valence-electron chi connectivity index (χ4n) is 10.9. The topological polar surface area (TPSA) is 246 Å². The molecule has 1 aromatic heterocycles. The Bertz CT molecular complexity index is 2190. The third-order valence-electron chi connectivity index (χ3n) is 15.2. The average molecular weight is 1460 g/mol. The first-order valence-corrected chi connectivity index (χ1v) is 35.6. The van der Waals surface area contributed by atoms with Crippen molar-refractivity contribution >= 4 is 53.6 Å². The van der Waals surface area contributed by atoms with Crippen LogP contribution in [0.1, 0.15) is 358 Å². The number of aromatic nitrogens is 1. The van der Waals surface area contributed by atoms with E-state index in [1.807, 2.05) is 0 Å². The van der Waals surface area contributed by atoms with E-state index < -0.39 is 98.3 Å². The second kappa shape index (κ2) is 44.2. The summed E-state index contributed by atoms with van der Waals surface area (Å²) >= 11 is 0. The fourth-order valence-corrected chi connectivity index (χ4v) is 10.9. The number of halogens is 1. The van der Waals surface area contributed by atoms with E-state index in [2.05, 4.69) is 17.6 Å². The molecule has 1 aromatic rings. The lowest BCUT2D eigenvalue weighted by Crippen LogP contribution is -3.00. The second-order valence-electron chi connectivity index (χ2n) is 31.9. The first kappa shape index (κ1) is 90.1. The number of carbonyl (C=O) groups is 9. The Morgan fingerprint density at radius 2 is 0.547 bits per heavy atom. The van der Waals surface area contributed by atoms with Crippen molar-refractivity contribution in [2.24, 2.45) is 0 Å². The van der Waals surface area contributed by atoms with E-state index in [4.69, 9.17) is 33.2 Å². The van der Waals surface area contributed by atoms with Crippen LogP contribution in [-0.4, -0.2) is 105 Å². The molecule has 548 valence electrons. The number of unbranched alkanes of at least 4 members (excludes halogenated alkanes) is 18. The molecule has 0 saturated carbocycles. The molecule has 1 heterocycles. The Kier molecular flexibility index (Phi) is 41.9. The molecule has 95 heavy (non-hydrogen) atoms. The molecule has 0 radical (unpaired) electrons. The number of nitrogens with one attached hydrogen (secondary N) is 2. The van der Waals surface area contributed by atoms with Crippen LogP contribution in [0.15, 0.2) is 18.5 Å². The minimum atomic E-state index is -1.47. The van der Waals surface area contributed by atoms with Crippen molar-refractivity contribution in [3.05, 3.63) is 29.6 Å². The maximum atomic E-state index is 15.3. The molecule has 0 bridgehead atoms. The van der Waals surface area contributed by atoms with Crippen LogP contribution in [0, 0.1) is 0 Å². The van der Waals surface area contributed by atoms with Crippen LogP contribution in [0.2, 0.25) is 0 Å². The number of hydrogen-bond acceptors (Lipinski definition) is 16. The van der Waals surface area contributed by atoms with E-state index in [9.17, 15) is 33.6 Å². The molecule has 0 unspecified atom stereocenters. The van der Waals surface area contributed by atoms with Crippen molar-refractivity contribution < 1.29 is 105 Å². The molecule has 1 rings (SSSR count). The van der Waals surface area contributed by atoms with Gasteiger partial charge in [0.05, 0.1) is 0 Å². The van der Waals surface area contributed by atoms with Crippen LogP contribution in [0.25, 0.3) is 0 Å². The van der Waals surface area contributed by atoms with Crippen LogP contribution in [0.4, 0.5) is 0 Å². The minimum Gasteiger partial charge on any atom is -1.00 e. The molecule has 2 amide bonds.